The Morgan fingerprint density at radius 3 is 1.31 bits per heavy atom. The van der Waals surface area contributed by atoms with Gasteiger partial charge in [0.1, 0.15) is 48.8 Å². The number of amides is 1. The average molecular weight is 1070 g/mol. The van der Waals surface area contributed by atoms with Crippen LogP contribution in [0.5, 0.6) is 0 Å². The fourth-order valence-electron chi connectivity index (χ4n) is 10.4. The number of rotatable bonds is 50. The van der Waals surface area contributed by atoms with E-state index < -0.39 is 86.8 Å². The third-order valence-electron chi connectivity index (χ3n) is 15.4. The van der Waals surface area contributed by atoms with E-state index in [2.05, 4.69) is 31.3 Å². The van der Waals surface area contributed by atoms with Gasteiger partial charge in [0.25, 0.3) is 0 Å². The third kappa shape index (κ3) is 33.0. The highest BCUT2D eigenvalue weighted by atomic mass is 16.7. The molecule has 2 saturated heterocycles. The first-order valence-corrected chi connectivity index (χ1v) is 31.1. The van der Waals surface area contributed by atoms with Crippen LogP contribution in [0.3, 0.4) is 0 Å². The number of carbonyl (C=O) groups excluding carboxylic acids is 1. The lowest BCUT2D eigenvalue weighted by molar-refractivity contribution is -0.359. The normalized spacial score (nSPS) is 25.1. The number of hydrogen-bond donors (Lipinski definition) is 9. The number of unbranched alkanes of at least 4 members (excludes halogenated alkanes) is 35. The quantitative estimate of drug-likeness (QED) is 0.0204. The predicted molar refractivity (Wildman–Crippen MR) is 300 cm³/mol. The van der Waals surface area contributed by atoms with Crippen molar-refractivity contribution < 1.29 is 64.6 Å². The van der Waals surface area contributed by atoms with Gasteiger partial charge in [0, 0.05) is 6.42 Å². The van der Waals surface area contributed by atoms with Crippen LogP contribution in [0, 0.1) is 0 Å². The van der Waals surface area contributed by atoms with Crippen LogP contribution >= 0.6 is 0 Å². The maximum absolute atomic E-state index is 13.3. The Morgan fingerprint density at radius 1 is 0.467 bits per heavy atom. The van der Waals surface area contributed by atoms with Gasteiger partial charge in [-0.05, 0) is 32.1 Å². The van der Waals surface area contributed by atoms with E-state index in [1.54, 1.807) is 6.08 Å². The van der Waals surface area contributed by atoms with Crippen molar-refractivity contribution in [3.63, 3.8) is 0 Å². The fourth-order valence-corrected chi connectivity index (χ4v) is 10.4. The number of carbonyl (C=O) groups is 1. The van der Waals surface area contributed by atoms with Gasteiger partial charge in [0.15, 0.2) is 12.6 Å². The van der Waals surface area contributed by atoms with Crippen molar-refractivity contribution in [2.75, 3.05) is 19.8 Å². The van der Waals surface area contributed by atoms with Crippen molar-refractivity contribution in [3.8, 4) is 0 Å². The van der Waals surface area contributed by atoms with Gasteiger partial charge in [-0.25, -0.2) is 0 Å². The zero-order valence-electron chi connectivity index (χ0n) is 47.6. The number of aliphatic hydroxyl groups is 8. The largest absolute Gasteiger partial charge is 0.394 e. The van der Waals surface area contributed by atoms with Gasteiger partial charge < -0.3 is 65.1 Å². The second-order valence-corrected chi connectivity index (χ2v) is 22.2. The summed E-state index contributed by atoms with van der Waals surface area (Å²) >= 11 is 0. The number of hydrogen-bond acceptors (Lipinski definition) is 13. The van der Waals surface area contributed by atoms with Crippen LogP contribution < -0.4 is 5.32 Å². The van der Waals surface area contributed by atoms with Crippen LogP contribution in [-0.2, 0) is 23.7 Å². The van der Waals surface area contributed by atoms with Crippen LogP contribution in [0.15, 0.2) is 24.3 Å². The minimum Gasteiger partial charge on any atom is -0.394 e. The highest BCUT2D eigenvalue weighted by Gasteiger charge is 2.51. The van der Waals surface area contributed by atoms with Gasteiger partial charge in [-0.15, -0.1) is 0 Å². The molecule has 0 bridgehead atoms. The highest BCUT2D eigenvalue weighted by Crippen LogP contribution is 2.30. The summed E-state index contributed by atoms with van der Waals surface area (Å²) in [5.74, 6) is -0.244. The molecule has 0 radical (unpaired) electrons. The van der Waals surface area contributed by atoms with E-state index in [0.29, 0.717) is 12.8 Å². The number of nitrogens with one attached hydrogen (secondary N) is 1. The molecular weight excluding hydrogens is 955 g/mol. The van der Waals surface area contributed by atoms with Gasteiger partial charge in [-0.1, -0.05) is 250 Å². The van der Waals surface area contributed by atoms with E-state index in [4.69, 9.17) is 18.9 Å². The minimum absolute atomic E-state index is 0.244. The molecule has 442 valence electrons. The Labute approximate surface area is 456 Å². The first-order chi connectivity index (χ1) is 36.6. The standard InChI is InChI=1S/C61H115NO13/c1-3-5-7-9-11-13-15-17-19-21-23-24-25-27-28-30-32-34-36-38-40-42-44-50(65)49(62-53(66)45-43-41-39-37-35-33-31-29-26-22-20-18-16-14-12-10-8-6-4-2)48-72-60-58(71)56(69)59(52(47-64)74-60)75-61-57(70)55(68)54(67)51(46-63)73-61/h34,36,42,44,49-52,54-61,63-65,67-71H,3-33,35,37-41,43,45-48H2,1-2H3,(H,62,66)/b36-34+,44-42+. The predicted octanol–water partition coefficient (Wildman–Crippen LogP) is 10.8. The summed E-state index contributed by atoms with van der Waals surface area (Å²) in [5, 5.41) is 87.1. The molecule has 0 aromatic rings. The van der Waals surface area contributed by atoms with E-state index in [9.17, 15) is 45.6 Å². The molecule has 0 saturated carbocycles. The average Bonchev–Trinajstić information content (AvgIpc) is 3.41. The molecule has 2 heterocycles. The lowest BCUT2D eigenvalue weighted by atomic mass is 9.97. The second-order valence-electron chi connectivity index (χ2n) is 22.2. The number of aliphatic hydroxyl groups excluding tert-OH is 8. The summed E-state index contributed by atoms with van der Waals surface area (Å²) < 4.78 is 22.8. The maximum Gasteiger partial charge on any atom is 0.220 e. The minimum atomic E-state index is -1.79. The monoisotopic (exact) mass is 1070 g/mol. The van der Waals surface area contributed by atoms with E-state index in [-0.39, 0.29) is 18.9 Å². The first kappa shape index (κ1) is 69.6. The highest BCUT2D eigenvalue weighted by molar-refractivity contribution is 5.76. The summed E-state index contributed by atoms with van der Waals surface area (Å²) in [6.07, 6.45) is 39.3. The fraction of sp³-hybridized carbons (Fsp3) is 0.918. The lowest BCUT2D eigenvalue weighted by Crippen LogP contribution is -2.65. The Hall–Kier alpha value is -1.53. The molecule has 14 nitrogen and oxygen atoms in total. The third-order valence-corrected chi connectivity index (χ3v) is 15.4. The molecule has 12 unspecified atom stereocenters. The summed E-state index contributed by atoms with van der Waals surface area (Å²) in [4.78, 5) is 13.3. The van der Waals surface area contributed by atoms with Crippen molar-refractivity contribution in [1.82, 2.24) is 5.32 Å². The zero-order chi connectivity index (χ0) is 54.6. The van der Waals surface area contributed by atoms with Gasteiger partial charge in [-0.3, -0.25) is 4.79 Å². The Balaban J connectivity index is 1.77. The summed E-state index contributed by atoms with van der Waals surface area (Å²) in [6, 6.07) is -0.928. The van der Waals surface area contributed by atoms with E-state index >= 15 is 0 Å². The van der Waals surface area contributed by atoms with Crippen LogP contribution in [0.2, 0.25) is 0 Å². The number of ether oxygens (including phenoxy) is 4. The molecule has 0 aromatic heterocycles. The van der Waals surface area contributed by atoms with Crippen molar-refractivity contribution in [2.45, 2.75) is 338 Å². The van der Waals surface area contributed by atoms with Crippen molar-refractivity contribution >= 4 is 5.91 Å². The number of allylic oxidation sites excluding steroid dienone is 3. The maximum atomic E-state index is 13.3. The van der Waals surface area contributed by atoms with Crippen molar-refractivity contribution in [1.29, 1.82) is 0 Å². The summed E-state index contributed by atoms with van der Waals surface area (Å²) in [5.41, 5.74) is 0. The van der Waals surface area contributed by atoms with Crippen LogP contribution in [0.1, 0.15) is 264 Å². The van der Waals surface area contributed by atoms with Crippen LogP contribution in [0.25, 0.3) is 0 Å². The molecule has 14 heteroatoms. The molecular formula is C61H115NO13. The van der Waals surface area contributed by atoms with Crippen molar-refractivity contribution in [3.05, 3.63) is 24.3 Å². The topological polar surface area (TPSA) is 228 Å². The molecule has 1 amide bonds. The molecule has 2 aliphatic rings. The molecule has 12 atom stereocenters. The second kappa shape index (κ2) is 47.3. The smallest absolute Gasteiger partial charge is 0.220 e. The summed E-state index contributed by atoms with van der Waals surface area (Å²) in [6.45, 7) is 2.82. The van der Waals surface area contributed by atoms with Crippen LogP contribution in [0.4, 0.5) is 0 Å². The van der Waals surface area contributed by atoms with E-state index in [1.807, 2.05) is 6.08 Å². The Bertz CT molecular complexity index is 1350. The van der Waals surface area contributed by atoms with Gasteiger partial charge in [0.2, 0.25) is 5.91 Å². The van der Waals surface area contributed by atoms with E-state index in [1.165, 1.54) is 199 Å². The molecule has 2 aliphatic heterocycles. The molecule has 0 aliphatic carbocycles. The van der Waals surface area contributed by atoms with Crippen molar-refractivity contribution in [2.24, 2.45) is 0 Å². The first-order valence-electron chi connectivity index (χ1n) is 31.1. The van der Waals surface area contributed by atoms with Gasteiger partial charge in [0.05, 0.1) is 32.0 Å². The molecule has 9 N–H and O–H groups in total. The SMILES string of the molecule is CCCCCCCCCCCCCCCCCC/C=C/CC/C=C/C(O)C(COC1OC(CO)C(OC2OC(CO)C(O)C(O)C2O)C(O)C1O)NC(=O)CCCCCCCCCCCCCCCCCCCCC. The Kier molecular flexibility index (Phi) is 43.9. The van der Waals surface area contributed by atoms with Gasteiger partial charge in [-0.2, -0.15) is 0 Å². The lowest BCUT2D eigenvalue weighted by Gasteiger charge is -2.46. The van der Waals surface area contributed by atoms with E-state index in [0.717, 1.165) is 32.1 Å². The zero-order valence-corrected chi connectivity index (χ0v) is 47.6. The molecule has 0 spiro atoms. The molecule has 75 heavy (non-hydrogen) atoms. The molecule has 2 fully saturated rings. The molecule has 0 aromatic carbocycles. The van der Waals surface area contributed by atoms with Crippen LogP contribution in [-0.4, -0.2) is 140 Å². The molecule has 2 rings (SSSR count). The van der Waals surface area contributed by atoms with Gasteiger partial charge >= 0.3 is 0 Å². The summed E-state index contributed by atoms with van der Waals surface area (Å²) in [7, 11) is 0. The Morgan fingerprint density at radius 2 is 0.853 bits per heavy atom.